The number of aryl methyl sites for hydroxylation is 2. The van der Waals surface area contributed by atoms with Crippen molar-refractivity contribution >= 4 is 29.9 Å². The minimum Gasteiger partial charge on any atom is -0.361 e. The summed E-state index contributed by atoms with van der Waals surface area (Å²) in [6, 6.07) is 0. The summed E-state index contributed by atoms with van der Waals surface area (Å²) in [6.07, 6.45) is 2.66. The number of hydrogen-bond donors (Lipinski definition) is 2. The van der Waals surface area contributed by atoms with Crippen molar-refractivity contribution in [3.63, 3.8) is 0 Å². The molecule has 0 saturated carbocycles. The predicted molar refractivity (Wildman–Crippen MR) is 95.3 cm³/mol. The van der Waals surface area contributed by atoms with Gasteiger partial charge in [-0.1, -0.05) is 5.16 Å². The molecule has 0 unspecified atom stereocenters. The quantitative estimate of drug-likeness (QED) is 0.442. The highest BCUT2D eigenvalue weighted by Gasteiger charge is 2.11. The van der Waals surface area contributed by atoms with E-state index in [9.17, 15) is 0 Å². The molecule has 0 atom stereocenters. The maximum absolute atomic E-state index is 5.15. The predicted octanol–water partition coefficient (Wildman–Crippen LogP) is 1.67. The van der Waals surface area contributed by atoms with E-state index in [0.29, 0.717) is 6.54 Å². The summed E-state index contributed by atoms with van der Waals surface area (Å²) in [5, 5.41) is 10.6. The van der Waals surface area contributed by atoms with Gasteiger partial charge in [-0.25, -0.2) is 0 Å². The normalized spacial score (nSPS) is 15.9. The molecule has 2 rings (SSSR count). The van der Waals surface area contributed by atoms with Crippen molar-refractivity contribution in [3.05, 3.63) is 17.0 Å². The van der Waals surface area contributed by atoms with Crippen LogP contribution in [0.1, 0.15) is 29.9 Å². The van der Waals surface area contributed by atoms with Gasteiger partial charge < -0.3 is 20.1 Å². The highest BCUT2D eigenvalue weighted by molar-refractivity contribution is 14.0. The molecule has 2 heterocycles. The van der Waals surface area contributed by atoms with Gasteiger partial charge in [0.15, 0.2) is 5.96 Å². The summed E-state index contributed by atoms with van der Waals surface area (Å²) in [4.78, 5) is 6.72. The van der Waals surface area contributed by atoms with Crippen molar-refractivity contribution in [2.75, 3.05) is 33.2 Å². The highest BCUT2D eigenvalue weighted by atomic mass is 127. The minimum atomic E-state index is 0. The van der Waals surface area contributed by atoms with Gasteiger partial charge in [0.2, 0.25) is 0 Å². The summed E-state index contributed by atoms with van der Waals surface area (Å²) in [5.74, 6) is 1.69. The molecule has 120 valence electrons. The van der Waals surface area contributed by atoms with E-state index in [1.165, 1.54) is 25.9 Å². The number of aliphatic imine (C=N–C) groups is 1. The first-order valence-electron chi connectivity index (χ1n) is 7.29. The van der Waals surface area contributed by atoms with E-state index in [1.54, 1.807) is 7.05 Å². The molecule has 1 aliphatic heterocycles. The molecule has 7 heteroatoms. The van der Waals surface area contributed by atoms with Crippen molar-refractivity contribution in [1.82, 2.24) is 20.7 Å². The molecule has 0 aromatic carbocycles. The Morgan fingerprint density at radius 1 is 1.29 bits per heavy atom. The molecule has 21 heavy (non-hydrogen) atoms. The third-order valence-electron chi connectivity index (χ3n) is 3.76. The van der Waals surface area contributed by atoms with Gasteiger partial charge in [-0.15, -0.1) is 24.0 Å². The fourth-order valence-electron chi connectivity index (χ4n) is 2.49. The molecule has 1 aromatic rings. The minimum absolute atomic E-state index is 0. The van der Waals surface area contributed by atoms with Crippen LogP contribution in [0.3, 0.4) is 0 Å². The molecule has 1 aliphatic rings. The Labute approximate surface area is 143 Å². The zero-order valence-corrected chi connectivity index (χ0v) is 15.4. The van der Waals surface area contributed by atoms with Crippen molar-refractivity contribution in [1.29, 1.82) is 0 Å². The van der Waals surface area contributed by atoms with Gasteiger partial charge >= 0.3 is 0 Å². The van der Waals surface area contributed by atoms with E-state index in [1.807, 2.05) is 13.8 Å². The van der Waals surface area contributed by atoms with E-state index in [2.05, 4.69) is 25.7 Å². The lowest BCUT2D eigenvalue weighted by atomic mass is 10.2. The van der Waals surface area contributed by atoms with Crippen LogP contribution >= 0.6 is 24.0 Å². The number of nitrogens with zero attached hydrogens (tertiary/aromatic N) is 3. The van der Waals surface area contributed by atoms with Crippen LogP contribution in [0.25, 0.3) is 0 Å². The average Bonchev–Trinajstić information content (AvgIpc) is 3.06. The summed E-state index contributed by atoms with van der Waals surface area (Å²) in [7, 11) is 1.79. The van der Waals surface area contributed by atoms with Crippen LogP contribution in [0.15, 0.2) is 9.52 Å². The lowest BCUT2D eigenvalue weighted by Crippen LogP contribution is -2.40. The first kappa shape index (κ1) is 18.2. The third kappa shape index (κ3) is 5.46. The van der Waals surface area contributed by atoms with Crippen LogP contribution in [-0.2, 0) is 6.54 Å². The molecule has 0 amide bonds. The van der Waals surface area contributed by atoms with Crippen LogP contribution < -0.4 is 10.6 Å². The van der Waals surface area contributed by atoms with Crippen LogP contribution in [0, 0.1) is 13.8 Å². The van der Waals surface area contributed by atoms with Crippen LogP contribution in [0.5, 0.6) is 0 Å². The van der Waals surface area contributed by atoms with Crippen molar-refractivity contribution in [2.24, 2.45) is 4.99 Å². The Balaban J connectivity index is 0.00000220. The van der Waals surface area contributed by atoms with E-state index in [0.717, 1.165) is 36.1 Å². The average molecular weight is 407 g/mol. The molecule has 6 nitrogen and oxygen atoms in total. The monoisotopic (exact) mass is 407 g/mol. The molecule has 0 bridgehead atoms. The Morgan fingerprint density at radius 3 is 2.57 bits per heavy atom. The number of nitrogens with one attached hydrogen (secondary N) is 2. The molecule has 1 aromatic heterocycles. The Hall–Kier alpha value is -0.830. The highest BCUT2D eigenvalue weighted by Crippen LogP contribution is 2.11. The third-order valence-corrected chi connectivity index (χ3v) is 3.76. The van der Waals surface area contributed by atoms with Gasteiger partial charge in [-0.2, -0.15) is 0 Å². The van der Waals surface area contributed by atoms with Crippen LogP contribution in [0.2, 0.25) is 0 Å². The number of aromatic nitrogens is 1. The van der Waals surface area contributed by atoms with Gasteiger partial charge in [0.25, 0.3) is 0 Å². The molecular weight excluding hydrogens is 381 g/mol. The smallest absolute Gasteiger partial charge is 0.191 e. The van der Waals surface area contributed by atoms with Crippen molar-refractivity contribution in [2.45, 2.75) is 33.2 Å². The topological polar surface area (TPSA) is 65.7 Å². The Morgan fingerprint density at radius 2 is 2.00 bits per heavy atom. The lowest BCUT2D eigenvalue weighted by molar-refractivity contribution is 0.343. The second-order valence-electron chi connectivity index (χ2n) is 5.20. The largest absolute Gasteiger partial charge is 0.361 e. The first-order valence-corrected chi connectivity index (χ1v) is 7.29. The molecular formula is C14H26IN5O. The second-order valence-corrected chi connectivity index (χ2v) is 5.20. The Bertz CT molecular complexity index is 435. The Kier molecular flexibility index (Phi) is 8.02. The summed E-state index contributed by atoms with van der Waals surface area (Å²) >= 11 is 0. The zero-order chi connectivity index (χ0) is 14.4. The van der Waals surface area contributed by atoms with Gasteiger partial charge in [0.05, 0.1) is 5.69 Å². The summed E-state index contributed by atoms with van der Waals surface area (Å²) < 4.78 is 5.15. The van der Waals surface area contributed by atoms with Gasteiger partial charge in [-0.3, -0.25) is 4.99 Å². The number of likely N-dealkylation sites (tertiary alicyclic amines) is 1. The van der Waals surface area contributed by atoms with Crippen molar-refractivity contribution in [3.8, 4) is 0 Å². The number of hydrogen-bond acceptors (Lipinski definition) is 4. The standard InChI is InChI=1S/C14H25N5O.HI/c1-11-13(12(2)20-18-11)10-17-14(15-3)16-6-9-19-7-4-5-8-19;/h4-10H2,1-3H3,(H2,15,16,17);1H. The fourth-order valence-corrected chi connectivity index (χ4v) is 2.49. The summed E-state index contributed by atoms with van der Waals surface area (Å²) in [6.45, 7) is 9.02. The molecule has 1 fully saturated rings. The number of guanidine groups is 1. The van der Waals surface area contributed by atoms with Crippen molar-refractivity contribution < 1.29 is 4.52 Å². The second kappa shape index (κ2) is 9.24. The fraction of sp³-hybridized carbons (Fsp3) is 0.714. The molecule has 0 aliphatic carbocycles. The van der Waals surface area contributed by atoms with Gasteiger partial charge in [0.1, 0.15) is 5.76 Å². The van der Waals surface area contributed by atoms with E-state index in [-0.39, 0.29) is 24.0 Å². The molecule has 0 radical (unpaired) electrons. The number of halogens is 1. The number of rotatable bonds is 5. The summed E-state index contributed by atoms with van der Waals surface area (Å²) in [5.41, 5.74) is 2.04. The molecule has 0 spiro atoms. The van der Waals surface area contributed by atoms with Crippen LogP contribution in [-0.4, -0.2) is 49.2 Å². The van der Waals surface area contributed by atoms with Gasteiger partial charge in [0, 0.05) is 32.2 Å². The maximum Gasteiger partial charge on any atom is 0.191 e. The van der Waals surface area contributed by atoms with E-state index >= 15 is 0 Å². The van der Waals surface area contributed by atoms with E-state index in [4.69, 9.17) is 4.52 Å². The lowest BCUT2D eigenvalue weighted by Gasteiger charge is -2.16. The zero-order valence-electron chi connectivity index (χ0n) is 13.1. The SMILES string of the molecule is CN=C(NCCN1CCCC1)NCc1c(C)noc1C.I. The van der Waals surface area contributed by atoms with E-state index < -0.39 is 0 Å². The van der Waals surface area contributed by atoms with Crippen LogP contribution in [0.4, 0.5) is 0 Å². The molecule has 1 saturated heterocycles. The molecule has 2 N–H and O–H groups in total. The first-order chi connectivity index (χ1) is 9.70. The van der Waals surface area contributed by atoms with Gasteiger partial charge in [-0.05, 0) is 39.8 Å². The maximum atomic E-state index is 5.15.